The Hall–Kier alpha value is -2.68. The van der Waals surface area contributed by atoms with Crippen LogP contribution in [-0.2, 0) is 23.9 Å². The lowest BCUT2D eigenvalue weighted by Crippen LogP contribution is -2.57. The fourth-order valence-corrected chi connectivity index (χ4v) is 5.60. The number of aliphatic hydroxyl groups is 1. The van der Waals surface area contributed by atoms with Crippen LogP contribution in [0.1, 0.15) is 6.92 Å². The first-order chi connectivity index (χ1) is 15.4. The number of carbonyl (C=O) groups is 3. The first kappa shape index (κ1) is 21.2. The molecule has 4 aliphatic heterocycles. The van der Waals surface area contributed by atoms with E-state index < -0.39 is 47.5 Å². The van der Waals surface area contributed by atoms with Crippen molar-refractivity contribution in [1.29, 1.82) is 0 Å². The maximum absolute atomic E-state index is 14.0. The fraction of sp³-hybridized carbons (Fsp3) is 0.435. The van der Waals surface area contributed by atoms with E-state index in [1.807, 2.05) is 0 Å². The Morgan fingerprint density at radius 3 is 2.75 bits per heavy atom. The summed E-state index contributed by atoms with van der Waals surface area (Å²) in [7, 11) is 0. The van der Waals surface area contributed by atoms with E-state index in [0.29, 0.717) is 10.7 Å². The van der Waals surface area contributed by atoms with E-state index in [1.54, 1.807) is 55.5 Å². The van der Waals surface area contributed by atoms with Crippen molar-refractivity contribution in [3.63, 3.8) is 0 Å². The zero-order valence-corrected chi connectivity index (χ0v) is 18.1. The average Bonchev–Trinajstić information content (AvgIpc) is 3.09. The molecule has 4 aliphatic rings. The van der Waals surface area contributed by atoms with E-state index in [1.165, 1.54) is 9.80 Å². The third-order valence-corrected chi connectivity index (χ3v) is 7.05. The molecule has 1 N–H and O–H groups in total. The predicted molar refractivity (Wildman–Crippen MR) is 115 cm³/mol. The molecule has 5 rings (SSSR count). The average molecular weight is 459 g/mol. The number of likely N-dealkylation sites (tertiary alicyclic amines) is 1. The normalized spacial score (nSPS) is 34.5. The molecule has 0 aliphatic carbocycles. The summed E-state index contributed by atoms with van der Waals surface area (Å²) in [5.41, 5.74) is -0.844. The van der Waals surface area contributed by atoms with Crippen molar-refractivity contribution in [2.24, 2.45) is 11.8 Å². The van der Waals surface area contributed by atoms with Crippen molar-refractivity contribution < 1.29 is 29.0 Å². The van der Waals surface area contributed by atoms with Gasteiger partial charge in [0.2, 0.25) is 5.91 Å². The van der Waals surface area contributed by atoms with Crippen LogP contribution in [0.3, 0.4) is 0 Å². The van der Waals surface area contributed by atoms with E-state index in [2.05, 4.69) is 0 Å². The zero-order chi connectivity index (χ0) is 22.6. The van der Waals surface area contributed by atoms with E-state index in [9.17, 15) is 19.5 Å². The molecule has 9 heteroatoms. The molecule has 0 saturated carbocycles. The Bertz CT molecular complexity index is 1040. The molecule has 0 bridgehead atoms. The van der Waals surface area contributed by atoms with Crippen molar-refractivity contribution >= 4 is 35.1 Å². The molecule has 1 aromatic rings. The molecular formula is C23H23ClN2O6. The number of benzene rings is 1. The van der Waals surface area contributed by atoms with Gasteiger partial charge in [0.15, 0.2) is 0 Å². The van der Waals surface area contributed by atoms with Gasteiger partial charge in [0.1, 0.15) is 24.2 Å². The number of aliphatic hydroxyl groups excluding tert-OH is 1. The Labute approximate surface area is 190 Å². The van der Waals surface area contributed by atoms with E-state index >= 15 is 0 Å². The molecule has 2 amide bonds. The summed E-state index contributed by atoms with van der Waals surface area (Å²) in [6.07, 6.45) is 6.23. The van der Waals surface area contributed by atoms with Gasteiger partial charge in [0, 0.05) is 6.54 Å². The molecule has 168 valence electrons. The van der Waals surface area contributed by atoms with E-state index in [0.717, 1.165) is 0 Å². The summed E-state index contributed by atoms with van der Waals surface area (Å²) in [6, 6.07) is 5.26. The highest BCUT2D eigenvalue weighted by atomic mass is 35.5. The Morgan fingerprint density at radius 2 is 2.00 bits per heavy atom. The van der Waals surface area contributed by atoms with E-state index in [-0.39, 0.29) is 25.7 Å². The van der Waals surface area contributed by atoms with Gasteiger partial charge in [-0.15, -0.1) is 0 Å². The van der Waals surface area contributed by atoms with Crippen molar-refractivity contribution in [3.05, 3.63) is 53.6 Å². The second-order valence-corrected chi connectivity index (χ2v) is 8.89. The van der Waals surface area contributed by atoms with Gasteiger partial charge in [0.05, 0.1) is 35.4 Å². The fourth-order valence-electron chi connectivity index (χ4n) is 5.36. The molecule has 4 heterocycles. The minimum Gasteiger partial charge on any atom is -0.461 e. The Morgan fingerprint density at radius 1 is 1.22 bits per heavy atom. The Balaban J connectivity index is 1.66. The lowest BCUT2D eigenvalue weighted by atomic mass is 9.78. The van der Waals surface area contributed by atoms with Crippen molar-refractivity contribution in [2.45, 2.75) is 30.7 Å². The standard InChI is InChI=1S/C23H23ClN2O6/c1-13(12-27)26-19-21(29)25(15-7-3-2-6-14(15)24)10-5-9-23(19)18(20(26)28)17-16(32-23)8-4-11-31-22(17)30/h2-9,13,16-19,27H,10-12H2,1H3/t13-,16-,17+,18+,19?,23+/m1/s1. The maximum Gasteiger partial charge on any atom is 0.313 e. The zero-order valence-electron chi connectivity index (χ0n) is 17.4. The van der Waals surface area contributed by atoms with Gasteiger partial charge < -0.3 is 24.4 Å². The number of esters is 1. The van der Waals surface area contributed by atoms with Gasteiger partial charge in [0.25, 0.3) is 5.91 Å². The van der Waals surface area contributed by atoms with Crippen LogP contribution in [0, 0.1) is 11.8 Å². The SMILES string of the molecule is C[C@H](CO)N1C(=O)[C@@H]2[C@H]3C(=O)OCC=C[C@H]3O[C@@]23C=CCN(c2ccccc2Cl)C(=O)C13. The quantitative estimate of drug-likeness (QED) is 0.542. The number of carbonyl (C=O) groups excluding carboxylic acids is 3. The number of para-hydroxylation sites is 1. The second kappa shape index (κ2) is 7.72. The highest BCUT2D eigenvalue weighted by molar-refractivity contribution is 6.34. The summed E-state index contributed by atoms with van der Waals surface area (Å²) in [4.78, 5) is 43.4. The van der Waals surface area contributed by atoms with Crippen molar-refractivity contribution in [1.82, 2.24) is 4.90 Å². The summed E-state index contributed by atoms with van der Waals surface area (Å²) < 4.78 is 11.7. The number of halogens is 1. The van der Waals surface area contributed by atoms with Gasteiger partial charge in [-0.1, -0.05) is 42.0 Å². The number of cyclic esters (lactones) is 1. The van der Waals surface area contributed by atoms with Gasteiger partial charge in [-0.05, 0) is 25.1 Å². The lowest BCUT2D eigenvalue weighted by Gasteiger charge is -2.37. The molecule has 32 heavy (non-hydrogen) atoms. The predicted octanol–water partition coefficient (Wildman–Crippen LogP) is 1.32. The number of anilines is 1. The second-order valence-electron chi connectivity index (χ2n) is 8.48. The molecule has 1 spiro atoms. The number of fused-ring (bicyclic) bond motifs is 2. The summed E-state index contributed by atoms with van der Waals surface area (Å²) in [6.45, 7) is 1.66. The number of amides is 2. The molecule has 6 atom stereocenters. The van der Waals surface area contributed by atoms with Crippen LogP contribution in [-0.4, -0.2) is 71.3 Å². The van der Waals surface area contributed by atoms with Crippen LogP contribution < -0.4 is 4.90 Å². The minimum atomic E-state index is -1.36. The summed E-state index contributed by atoms with van der Waals surface area (Å²) in [5, 5.41) is 10.3. The molecule has 2 fully saturated rings. The number of rotatable bonds is 3. The largest absolute Gasteiger partial charge is 0.461 e. The number of nitrogens with zero attached hydrogens (tertiary/aromatic N) is 2. The topological polar surface area (TPSA) is 96.4 Å². The molecule has 1 aromatic carbocycles. The molecule has 8 nitrogen and oxygen atoms in total. The number of hydrogen-bond donors (Lipinski definition) is 1. The van der Waals surface area contributed by atoms with Crippen LogP contribution >= 0.6 is 11.6 Å². The minimum absolute atomic E-state index is 0.109. The molecule has 1 unspecified atom stereocenters. The first-order valence-electron chi connectivity index (χ1n) is 10.6. The summed E-state index contributed by atoms with van der Waals surface area (Å²) >= 11 is 6.38. The highest BCUT2D eigenvalue weighted by Crippen LogP contribution is 2.54. The van der Waals surface area contributed by atoms with Crippen LogP contribution in [0.25, 0.3) is 0 Å². The van der Waals surface area contributed by atoms with Gasteiger partial charge >= 0.3 is 5.97 Å². The van der Waals surface area contributed by atoms with Crippen LogP contribution in [0.4, 0.5) is 5.69 Å². The summed E-state index contributed by atoms with van der Waals surface area (Å²) in [5.74, 6) is -3.12. The Kier molecular flexibility index (Phi) is 5.11. The van der Waals surface area contributed by atoms with Gasteiger partial charge in [-0.3, -0.25) is 14.4 Å². The van der Waals surface area contributed by atoms with Crippen LogP contribution in [0.5, 0.6) is 0 Å². The monoisotopic (exact) mass is 458 g/mol. The van der Waals surface area contributed by atoms with Crippen LogP contribution in [0.15, 0.2) is 48.6 Å². The van der Waals surface area contributed by atoms with Crippen molar-refractivity contribution in [2.75, 3.05) is 24.7 Å². The number of hydrogen-bond acceptors (Lipinski definition) is 6. The molecular weight excluding hydrogens is 436 g/mol. The third kappa shape index (κ3) is 2.86. The van der Waals surface area contributed by atoms with Crippen LogP contribution in [0.2, 0.25) is 5.02 Å². The lowest BCUT2D eigenvalue weighted by molar-refractivity contribution is -0.153. The third-order valence-electron chi connectivity index (χ3n) is 6.73. The maximum atomic E-state index is 14.0. The molecule has 2 saturated heterocycles. The molecule has 0 aromatic heterocycles. The highest BCUT2D eigenvalue weighted by Gasteiger charge is 2.72. The smallest absolute Gasteiger partial charge is 0.313 e. The van der Waals surface area contributed by atoms with Crippen molar-refractivity contribution in [3.8, 4) is 0 Å². The van der Waals surface area contributed by atoms with Gasteiger partial charge in [-0.25, -0.2) is 0 Å². The molecule has 0 radical (unpaired) electrons. The van der Waals surface area contributed by atoms with Gasteiger partial charge in [-0.2, -0.15) is 0 Å². The first-order valence-corrected chi connectivity index (χ1v) is 11.0. The van der Waals surface area contributed by atoms with E-state index in [4.69, 9.17) is 21.1 Å². The number of ether oxygens (including phenoxy) is 2.